The average molecular weight is 1160 g/mol. The van der Waals surface area contributed by atoms with Gasteiger partial charge in [0.05, 0.1) is 82.9 Å². The molecule has 0 aliphatic heterocycles. The fraction of sp³-hybridized carbons (Fsp3) is 0.455. The zero-order valence-electron chi connectivity index (χ0n) is 44.1. The number of carbonyl (C=O) groups excluding carboxylic acids is 3. The Labute approximate surface area is 443 Å². The van der Waals surface area contributed by atoms with E-state index in [-0.39, 0.29) is 97.8 Å². The number of aryl methyl sites for hydroxylation is 1. The lowest BCUT2D eigenvalue weighted by molar-refractivity contribution is 0.0587. The lowest BCUT2D eigenvalue weighted by Gasteiger charge is -2.18. The molecule has 0 spiro atoms. The number of nitrogens with two attached hydrogens (primary N) is 3. The van der Waals surface area contributed by atoms with Gasteiger partial charge in [-0.1, -0.05) is 17.7 Å². The third-order valence-electron chi connectivity index (χ3n) is 7.94. The zero-order chi connectivity index (χ0) is 58.2. The highest BCUT2D eigenvalue weighted by Gasteiger charge is 2.29. The molecule has 0 bridgehead atoms. The zero-order valence-corrected chi connectivity index (χ0v) is 47.6. The Balaban J connectivity index is 0. The van der Waals surface area contributed by atoms with Gasteiger partial charge < -0.3 is 56.3 Å². The van der Waals surface area contributed by atoms with Crippen molar-refractivity contribution in [3.63, 3.8) is 0 Å². The fourth-order valence-electron chi connectivity index (χ4n) is 4.92. The highest BCUT2D eigenvalue weighted by molar-refractivity contribution is 7.87. The van der Waals surface area contributed by atoms with Gasteiger partial charge in [-0.05, 0) is 85.7 Å². The summed E-state index contributed by atoms with van der Waals surface area (Å²) in [7, 11) is -11.7. The molecule has 0 saturated heterocycles. The van der Waals surface area contributed by atoms with E-state index in [2.05, 4.69) is 36.1 Å². The van der Waals surface area contributed by atoms with Gasteiger partial charge in [-0.25, -0.2) is 15.4 Å². The minimum absolute atomic E-state index is 0.00245. The fourth-order valence-corrected chi connectivity index (χ4v) is 10.2. The molecule has 430 valence electrons. The molecule has 0 unspecified atom stereocenters. The van der Waals surface area contributed by atoms with Crippen LogP contribution in [0.5, 0.6) is 17.2 Å². The molecule has 3 aromatic heterocycles. The molecular weight excluding hydrogens is 1090 g/mol. The van der Waals surface area contributed by atoms with Gasteiger partial charge in [0.25, 0.3) is 16.0 Å². The number of aliphatic hydroxyl groups is 1. The quantitative estimate of drug-likeness (QED) is 0.0109. The summed E-state index contributed by atoms with van der Waals surface area (Å²) in [6.07, 6.45) is 6.87. The van der Waals surface area contributed by atoms with Gasteiger partial charge in [-0.2, -0.15) is 8.42 Å². The van der Waals surface area contributed by atoms with E-state index in [1.807, 2.05) is 12.3 Å². The first kappa shape index (κ1) is 72.8. The van der Waals surface area contributed by atoms with Crippen LogP contribution in [0.3, 0.4) is 0 Å². The van der Waals surface area contributed by atoms with Crippen LogP contribution in [0.1, 0.15) is 85.1 Å². The molecule has 28 nitrogen and oxygen atoms in total. The number of aromatic nitrogens is 3. The molecule has 0 fully saturated rings. The van der Waals surface area contributed by atoms with Crippen molar-refractivity contribution >= 4 is 50.8 Å². The number of esters is 2. The van der Waals surface area contributed by atoms with E-state index >= 15 is 0 Å². The van der Waals surface area contributed by atoms with Crippen LogP contribution in [0.25, 0.3) is 0 Å². The van der Waals surface area contributed by atoms with Crippen molar-refractivity contribution in [1.82, 2.24) is 20.4 Å². The van der Waals surface area contributed by atoms with Gasteiger partial charge >= 0.3 is 34.7 Å². The van der Waals surface area contributed by atoms with Crippen LogP contribution in [0.4, 0.5) is 0 Å². The number of methoxy groups -OCH3 is 2. The lowest BCUT2D eigenvalue weighted by Crippen LogP contribution is -2.30. The first-order valence-corrected chi connectivity index (χ1v) is 29.2. The molecule has 0 saturated carbocycles. The Kier molecular flexibility index (Phi) is 39.1. The molecule has 9 N–H and O–H groups in total. The van der Waals surface area contributed by atoms with Gasteiger partial charge in [-0.15, -0.1) is 0 Å². The van der Waals surface area contributed by atoms with Crippen molar-refractivity contribution in [3.8, 4) is 17.2 Å². The summed E-state index contributed by atoms with van der Waals surface area (Å²) < 4.78 is 115. The summed E-state index contributed by atoms with van der Waals surface area (Å²) in [5.41, 5.74) is 3.43. The van der Waals surface area contributed by atoms with Gasteiger partial charge in [0.15, 0.2) is 30.5 Å². The number of pyridine rings is 3. The summed E-state index contributed by atoms with van der Waals surface area (Å²) in [5, 5.41) is 16.6. The minimum atomic E-state index is -3.98. The SMILES string of the molecule is CCO.CCOP(=O)(COS(=O)(=O)c1ccc(C)cc1)OCC.CCOP(=O)(COc1cnccc1C(=O)NN)OCC.CCOP(=O)(COc1cnccc1C(=O)OC)OCC.COC(=O)c1ccncc1O.NN. The Morgan fingerprint density at radius 1 is 0.579 bits per heavy atom. The number of carbonyl (C=O) groups is 3. The standard InChI is InChI=1S/C12H18NO6P.C12H19O6PS.C11H18N3O5P.C7H7NO3.C2H6O.H4N2/c1-4-18-20(15,19-5-2)9-17-11-8-13-7-6-10(11)12(14)16-3;1-4-16-19(13,17-5-2)10-18-20(14,15)12-8-6-11(3)7-9-12;1-3-18-20(16,19-4-2)8-17-10-7-13-6-5-9(10)11(15)14-12;1-11-7(10)5-2-3-8-4-6(5)9;1-2-3;1-2/h6-8H,4-5,9H2,1-3H3;6-9H,4-5,10H2,1-3H3;5-7H,3-4,8,12H2,1-2H3,(H,14,15);2-4,9H,1H3;3H,2H2,1H3;1-2H2. The number of nitrogen functional groups attached to an aromatic ring is 1. The van der Waals surface area contributed by atoms with Crippen LogP contribution >= 0.6 is 22.8 Å². The van der Waals surface area contributed by atoms with Crippen LogP contribution in [0.2, 0.25) is 0 Å². The normalized spacial score (nSPS) is 10.8. The predicted molar refractivity (Wildman–Crippen MR) is 278 cm³/mol. The molecule has 0 aliphatic carbocycles. The second-order valence-corrected chi connectivity index (χ2v) is 20.9. The second kappa shape index (κ2) is 40.9. The number of hydrogen-bond donors (Lipinski definition) is 6. The molecular formula is C44H72N7O21P3S. The van der Waals surface area contributed by atoms with Crippen LogP contribution < -0.4 is 32.4 Å². The molecule has 0 aliphatic rings. The van der Waals surface area contributed by atoms with Crippen molar-refractivity contribution < 1.29 is 97.0 Å². The number of benzene rings is 1. The first-order valence-electron chi connectivity index (χ1n) is 22.6. The number of amides is 1. The van der Waals surface area contributed by atoms with Crippen molar-refractivity contribution in [3.05, 3.63) is 102 Å². The summed E-state index contributed by atoms with van der Waals surface area (Å²) in [4.78, 5) is 45.2. The number of rotatable bonds is 25. The van der Waals surface area contributed by atoms with Crippen molar-refractivity contribution in [1.29, 1.82) is 0 Å². The van der Waals surface area contributed by atoms with Crippen LogP contribution in [0, 0.1) is 6.92 Å². The van der Waals surface area contributed by atoms with Gasteiger partial charge in [0.2, 0.25) is 0 Å². The summed E-state index contributed by atoms with van der Waals surface area (Å²) in [6.45, 7) is 15.1. The topological polar surface area (TPSA) is 407 Å². The second-order valence-electron chi connectivity index (χ2n) is 13.3. The summed E-state index contributed by atoms with van der Waals surface area (Å²) in [6, 6.07) is 10.4. The van der Waals surface area contributed by atoms with Crippen LogP contribution in [-0.2, 0) is 64.6 Å². The number of aromatic hydroxyl groups is 1. The van der Waals surface area contributed by atoms with Crippen LogP contribution in [-0.4, -0.2) is 131 Å². The maximum atomic E-state index is 12.2. The smallest absolute Gasteiger partial charge is 0.367 e. The van der Waals surface area contributed by atoms with Crippen molar-refractivity contribution in [2.75, 3.05) is 79.5 Å². The molecule has 0 atom stereocenters. The van der Waals surface area contributed by atoms with E-state index in [1.165, 1.54) is 81.7 Å². The summed E-state index contributed by atoms with van der Waals surface area (Å²) >= 11 is 0. The summed E-state index contributed by atoms with van der Waals surface area (Å²) in [5.74, 6) is 11.6. The number of ether oxygens (including phenoxy) is 4. The van der Waals surface area contributed by atoms with E-state index < -0.39 is 57.1 Å². The van der Waals surface area contributed by atoms with E-state index in [4.69, 9.17) is 56.9 Å². The first-order chi connectivity index (χ1) is 36.1. The molecule has 32 heteroatoms. The Morgan fingerprint density at radius 2 is 0.921 bits per heavy atom. The highest BCUT2D eigenvalue weighted by Crippen LogP contribution is 2.50. The third-order valence-corrected chi connectivity index (χ3v) is 14.6. The number of nitrogens with zero attached hydrogens (tertiary/aromatic N) is 3. The van der Waals surface area contributed by atoms with E-state index in [0.717, 1.165) is 5.56 Å². The Morgan fingerprint density at radius 3 is 1.29 bits per heavy atom. The van der Waals surface area contributed by atoms with E-state index in [1.54, 1.807) is 60.6 Å². The average Bonchev–Trinajstić information content (AvgIpc) is 3.41. The third kappa shape index (κ3) is 28.7. The maximum absolute atomic E-state index is 12.2. The Hall–Kier alpha value is -5.32. The van der Waals surface area contributed by atoms with E-state index in [9.17, 15) is 36.5 Å². The molecule has 0 radical (unpaired) electrons. The molecule has 1 aromatic carbocycles. The van der Waals surface area contributed by atoms with Gasteiger partial charge in [0.1, 0.15) is 16.9 Å². The molecule has 4 rings (SSSR count). The van der Waals surface area contributed by atoms with Crippen molar-refractivity contribution in [2.24, 2.45) is 17.5 Å². The molecule has 1 amide bonds. The van der Waals surface area contributed by atoms with E-state index in [0.29, 0.717) is 0 Å². The number of hydrogen-bond acceptors (Lipinski definition) is 27. The largest absolute Gasteiger partial charge is 0.505 e. The highest BCUT2D eigenvalue weighted by atomic mass is 32.2. The lowest BCUT2D eigenvalue weighted by atomic mass is 10.2. The van der Waals surface area contributed by atoms with Gasteiger partial charge in [-0.3, -0.25) is 54.7 Å². The maximum Gasteiger partial charge on any atom is 0.367 e. The monoisotopic (exact) mass is 1160 g/mol. The number of aliphatic hydroxyl groups excluding tert-OH is 1. The Bertz CT molecular complexity index is 2420. The van der Waals surface area contributed by atoms with Crippen molar-refractivity contribution in [2.45, 2.75) is 60.3 Å². The number of nitrogens with one attached hydrogen (secondary N) is 1. The molecule has 4 aromatic rings. The minimum Gasteiger partial charge on any atom is -0.505 e. The predicted octanol–water partition coefficient (Wildman–Crippen LogP) is 6.07. The molecule has 76 heavy (non-hydrogen) atoms. The molecule has 3 heterocycles. The van der Waals surface area contributed by atoms with Crippen LogP contribution in [0.15, 0.2) is 84.5 Å². The van der Waals surface area contributed by atoms with Gasteiger partial charge in [0, 0.05) is 25.2 Å². The number of hydrazine groups is 2.